The van der Waals surface area contributed by atoms with Gasteiger partial charge in [-0.05, 0) is 42.0 Å². The van der Waals surface area contributed by atoms with Gasteiger partial charge in [-0.1, -0.05) is 26.0 Å². The van der Waals surface area contributed by atoms with Crippen LogP contribution in [0.15, 0.2) is 53.5 Å². The van der Waals surface area contributed by atoms with Gasteiger partial charge in [0.2, 0.25) is 5.91 Å². The Bertz CT molecular complexity index is 856. The zero-order valence-electron chi connectivity index (χ0n) is 17.9. The number of anilines is 2. The molecule has 1 saturated heterocycles. The Hall–Kier alpha value is -3.09. The Kier molecular flexibility index (Phi) is 7.27. The molecule has 0 radical (unpaired) electrons. The van der Waals surface area contributed by atoms with Gasteiger partial charge >= 0.3 is 0 Å². The summed E-state index contributed by atoms with van der Waals surface area (Å²) in [4.78, 5) is 20.7. The van der Waals surface area contributed by atoms with Crippen molar-refractivity contribution in [2.75, 3.05) is 43.4 Å². The fraction of sp³-hybridized carbons (Fsp3) is 0.391. The molecule has 160 valence electrons. The van der Waals surface area contributed by atoms with Crippen molar-refractivity contribution in [3.05, 3.63) is 59.9 Å². The Morgan fingerprint density at radius 1 is 1.03 bits per heavy atom. The minimum atomic E-state index is -0.211. The third-order valence-corrected chi connectivity index (χ3v) is 5.18. The molecule has 0 unspecified atom stereocenters. The molecule has 1 amide bonds. The van der Waals surface area contributed by atoms with E-state index in [1.807, 2.05) is 50.2 Å². The van der Waals surface area contributed by atoms with E-state index < -0.39 is 0 Å². The summed E-state index contributed by atoms with van der Waals surface area (Å²) in [7, 11) is 1.79. The van der Waals surface area contributed by atoms with Crippen molar-refractivity contribution >= 4 is 23.2 Å². The second-order valence-electron chi connectivity index (χ2n) is 7.69. The number of benzene rings is 2. The van der Waals surface area contributed by atoms with Crippen LogP contribution in [0.3, 0.4) is 0 Å². The van der Waals surface area contributed by atoms with E-state index in [2.05, 4.69) is 25.4 Å². The lowest BCUT2D eigenvalue weighted by atomic mass is 10.1. The summed E-state index contributed by atoms with van der Waals surface area (Å²) in [5.41, 5.74) is 2.96. The Labute approximate surface area is 177 Å². The van der Waals surface area contributed by atoms with Gasteiger partial charge in [0.1, 0.15) is 5.82 Å². The molecule has 0 bridgehead atoms. The van der Waals surface area contributed by atoms with Crippen LogP contribution < -0.4 is 15.5 Å². The number of amides is 1. The van der Waals surface area contributed by atoms with E-state index in [-0.39, 0.29) is 17.6 Å². The number of guanidine groups is 1. The van der Waals surface area contributed by atoms with Crippen molar-refractivity contribution < 1.29 is 9.18 Å². The minimum absolute atomic E-state index is 0.0149. The lowest BCUT2D eigenvalue weighted by molar-refractivity contribution is -0.118. The standard InChI is InChI=1S/C23H30FN5O/c1-17(2)22(30)27-20-8-4-18(5-9-20)16-26-23(25-3)29-14-12-28(13-15-29)21-10-6-19(24)7-11-21/h4-11,17H,12-16H2,1-3H3,(H,25,26)(H,27,30). The first-order chi connectivity index (χ1) is 14.5. The molecule has 0 atom stereocenters. The second-order valence-corrected chi connectivity index (χ2v) is 7.69. The smallest absolute Gasteiger partial charge is 0.226 e. The van der Waals surface area contributed by atoms with Crippen molar-refractivity contribution in [2.45, 2.75) is 20.4 Å². The molecule has 0 saturated carbocycles. The van der Waals surface area contributed by atoms with Crippen LogP contribution in [0.2, 0.25) is 0 Å². The summed E-state index contributed by atoms with van der Waals surface area (Å²) in [5.74, 6) is 0.627. The minimum Gasteiger partial charge on any atom is -0.368 e. The monoisotopic (exact) mass is 411 g/mol. The van der Waals surface area contributed by atoms with Gasteiger partial charge in [-0.15, -0.1) is 0 Å². The number of carbonyl (C=O) groups is 1. The first-order valence-electron chi connectivity index (χ1n) is 10.3. The number of hydrogen-bond acceptors (Lipinski definition) is 3. The van der Waals surface area contributed by atoms with Crippen LogP contribution in [0, 0.1) is 11.7 Å². The molecule has 30 heavy (non-hydrogen) atoms. The number of aliphatic imine (C=N–C) groups is 1. The lowest BCUT2D eigenvalue weighted by Gasteiger charge is -2.37. The summed E-state index contributed by atoms with van der Waals surface area (Å²) in [6, 6.07) is 14.5. The van der Waals surface area contributed by atoms with E-state index in [0.29, 0.717) is 6.54 Å². The highest BCUT2D eigenvalue weighted by molar-refractivity contribution is 5.92. The maximum Gasteiger partial charge on any atom is 0.226 e. The molecule has 2 aromatic carbocycles. The van der Waals surface area contributed by atoms with E-state index in [1.165, 1.54) is 12.1 Å². The third-order valence-electron chi connectivity index (χ3n) is 5.18. The van der Waals surface area contributed by atoms with Crippen molar-refractivity contribution in [1.82, 2.24) is 10.2 Å². The first-order valence-corrected chi connectivity index (χ1v) is 10.3. The molecule has 7 heteroatoms. The Morgan fingerprint density at radius 2 is 1.67 bits per heavy atom. The predicted octanol–water partition coefficient (Wildman–Crippen LogP) is 3.32. The summed E-state index contributed by atoms with van der Waals surface area (Å²) < 4.78 is 13.1. The highest BCUT2D eigenvalue weighted by Gasteiger charge is 2.19. The molecule has 1 fully saturated rings. The largest absolute Gasteiger partial charge is 0.368 e. The zero-order chi connectivity index (χ0) is 21.5. The van der Waals surface area contributed by atoms with Crippen molar-refractivity contribution in [3.63, 3.8) is 0 Å². The van der Waals surface area contributed by atoms with Gasteiger partial charge in [0, 0.05) is 57.1 Å². The van der Waals surface area contributed by atoms with Crippen LogP contribution in [-0.2, 0) is 11.3 Å². The third kappa shape index (κ3) is 5.72. The van der Waals surface area contributed by atoms with Gasteiger partial charge in [0.05, 0.1) is 0 Å². The van der Waals surface area contributed by atoms with Gasteiger partial charge in [0.15, 0.2) is 5.96 Å². The van der Waals surface area contributed by atoms with Gasteiger partial charge < -0.3 is 20.4 Å². The molecule has 6 nitrogen and oxygen atoms in total. The second kappa shape index (κ2) is 10.1. The fourth-order valence-corrected chi connectivity index (χ4v) is 3.33. The summed E-state index contributed by atoms with van der Waals surface area (Å²) in [6.45, 7) is 7.81. The molecule has 1 heterocycles. The summed E-state index contributed by atoms with van der Waals surface area (Å²) >= 11 is 0. The van der Waals surface area contributed by atoms with Crippen LogP contribution in [-0.4, -0.2) is 50.0 Å². The molecule has 2 N–H and O–H groups in total. The zero-order valence-corrected chi connectivity index (χ0v) is 17.9. The topological polar surface area (TPSA) is 60.0 Å². The number of halogens is 1. The van der Waals surface area contributed by atoms with Gasteiger partial charge in [-0.2, -0.15) is 0 Å². The SMILES string of the molecule is CN=C(NCc1ccc(NC(=O)C(C)C)cc1)N1CCN(c2ccc(F)cc2)CC1. The van der Waals surface area contributed by atoms with Crippen molar-refractivity contribution in [3.8, 4) is 0 Å². The van der Waals surface area contributed by atoms with Gasteiger partial charge in [-0.25, -0.2) is 4.39 Å². The van der Waals surface area contributed by atoms with Crippen LogP contribution in [0.1, 0.15) is 19.4 Å². The van der Waals surface area contributed by atoms with Crippen LogP contribution in [0.25, 0.3) is 0 Å². The average molecular weight is 412 g/mol. The molecule has 0 aromatic heterocycles. The normalized spacial score (nSPS) is 14.8. The van der Waals surface area contributed by atoms with Gasteiger partial charge in [0.25, 0.3) is 0 Å². The molecule has 0 aliphatic carbocycles. The molecule has 1 aliphatic heterocycles. The van der Waals surface area contributed by atoms with Crippen molar-refractivity contribution in [2.24, 2.45) is 10.9 Å². The quantitative estimate of drug-likeness (QED) is 0.585. The number of nitrogens with one attached hydrogen (secondary N) is 2. The summed E-state index contributed by atoms with van der Waals surface area (Å²) in [6.07, 6.45) is 0. The van der Waals surface area contributed by atoms with Crippen LogP contribution >= 0.6 is 0 Å². The molecular formula is C23H30FN5O. The number of rotatable bonds is 5. The number of hydrogen-bond donors (Lipinski definition) is 2. The van der Waals surface area contributed by atoms with Gasteiger partial charge in [-0.3, -0.25) is 9.79 Å². The predicted molar refractivity (Wildman–Crippen MR) is 120 cm³/mol. The first kappa shape index (κ1) is 21.6. The number of nitrogens with zero attached hydrogens (tertiary/aromatic N) is 3. The van der Waals surface area contributed by atoms with E-state index in [4.69, 9.17) is 0 Å². The van der Waals surface area contributed by atoms with E-state index >= 15 is 0 Å². The summed E-state index contributed by atoms with van der Waals surface area (Å²) in [5, 5.41) is 6.32. The molecule has 0 spiro atoms. The number of carbonyl (C=O) groups excluding carboxylic acids is 1. The highest BCUT2D eigenvalue weighted by Crippen LogP contribution is 2.17. The van der Waals surface area contributed by atoms with Crippen LogP contribution in [0.4, 0.5) is 15.8 Å². The Balaban J connectivity index is 1.49. The van der Waals surface area contributed by atoms with E-state index in [9.17, 15) is 9.18 Å². The molecule has 3 rings (SSSR count). The Morgan fingerprint density at radius 3 is 2.23 bits per heavy atom. The number of piperazine rings is 1. The van der Waals surface area contributed by atoms with E-state index in [1.54, 1.807) is 7.05 Å². The maximum atomic E-state index is 13.1. The lowest BCUT2D eigenvalue weighted by Crippen LogP contribution is -2.52. The van der Waals surface area contributed by atoms with Crippen molar-refractivity contribution in [1.29, 1.82) is 0 Å². The molecule has 2 aromatic rings. The van der Waals surface area contributed by atoms with Crippen LogP contribution in [0.5, 0.6) is 0 Å². The van der Waals surface area contributed by atoms with E-state index in [0.717, 1.165) is 49.1 Å². The average Bonchev–Trinajstić information content (AvgIpc) is 2.76. The maximum absolute atomic E-state index is 13.1. The highest BCUT2D eigenvalue weighted by atomic mass is 19.1. The fourth-order valence-electron chi connectivity index (χ4n) is 3.33. The molecule has 1 aliphatic rings. The molecular weight excluding hydrogens is 381 g/mol.